The Morgan fingerprint density at radius 2 is 1.10 bits per heavy atom. The number of alkyl halides is 6. The molecule has 18 nitrogen and oxygen atoms in total. The molecule has 2 aromatic heterocycles. The molecule has 0 saturated heterocycles. The number of furan rings is 2. The number of halogens is 6. The fraction of sp³-hybridized carbons (Fsp3) is 0.436. The van der Waals surface area contributed by atoms with Gasteiger partial charge in [0, 0.05) is 37.5 Å². The molecular formula is C55H62F6N4O14. The molecule has 0 fully saturated rings. The van der Waals surface area contributed by atoms with E-state index in [1.165, 1.54) is 48.6 Å². The predicted molar refractivity (Wildman–Crippen MR) is 268 cm³/mol. The van der Waals surface area contributed by atoms with Crippen molar-refractivity contribution in [3.8, 4) is 11.8 Å². The third-order valence-electron chi connectivity index (χ3n) is 11.6. The number of aryl methyl sites for hydroxylation is 1. The molecule has 0 spiro atoms. The summed E-state index contributed by atoms with van der Waals surface area (Å²) < 4.78 is 105. The minimum atomic E-state index is -4.79. The fourth-order valence-corrected chi connectivity index (χ4v) is 8.09. The minimum Gasteiger partial charge on any atom is -0.467 e. The highest BCUT2D eigenvalue weighted by molar-refractivity contribution is 5.95. The normalized spacial score (nSPS) is 18.8. The zero-order valence-corrected chi connectivity index (χ0v) is 44.0. The Kier molecular flexibility index (Phi) is 26.5. The standard InChI is InChI=1S/C26H31F3N2O6.C15H18N2O4.C7H8.C6H5F3O2.CO2/c1-4-16-15(3)17-9-11-24(16,36-17)13-30-19(32)7-6-8-20(33)31-14-25-12-10-18(37-25)21(26(27,28)29)22(25)23(34)35-5-2;18-14(16-10-12-4-2-8-20-12)6-1-7-15(19)17-11-13-5-3-9-21-13;1-7-5-3-2-4-6-7;1-2-11-5(10)3-4-6(7,8)9;2-1-3/h9-12,17-18H,4-8,13-14H2,1-3H3,(H,30,32)(H,31,33);2-5,8-9H,1,6-7,10-11H2,(H,16,18)(H,17,19);2-6H,1H3;2H2,1H3;. The first-order valence-corrected chi connectivity index (χ1v) is 24.8. The number of hydrogen-bond donors (Lipinski definition) is 4. The van der Waals surface area contributed by atoms with E-state index in [0.29, 0.717) is 50.4 Å². The van der Waals surface area contributed by atoms with E-state index in [1.807, 2.05) is 44.2 Å². The lowest BCUT2D eigenvalue weighted by Gasteiger charge is -2.27. The summed E-state index contributed by atoms with van der Waals surface area (Å²) in [6.07, 6.45) is 1.27. The van der Waals surface area contributed by atoms with Crippen molar-refractivity contribution in [3.05, 3.63) is 131 Å². The maximum absolute atomic E-state index is 13.6. The van der Waals surface area contributed by atoms with Crippen molar-refractivity contribution in [2.45, 2.75) is 128 Å². The summed E-state index contributed by atoms with van der Waals surface area (Å²) in [6.45, 7) is 9.73. The highest BCUT2D eigenvalue weighted by atomic mass is 19.4. The minimum absolute atomic E-state index is 0.0192. The van der Waals surface area contributed by atoms with Crippen LogP contribution in [0.15, 0.2) is 123 Å². The summed E-state index contributed by atoms with van der Waals surface area (Å²) >= 11 is 0. The van der Waals surface area contributed by atoms with Gasteiger partial charge in [-0.2, -0.15) is 35.9 Å². The quantitative estimate of drug-likeness (QED) is 0.0282. The second kappa shape index (κ2) is 32.0. The average molecular weight is 1120 g/mol. The zero-order chi connectivity index (χ0) is 58.7. The molecule has 0 radical (unpaired) electrons. The first-order valence-electron chi connectivity index (χ1n) is 24.8. The summed E-state index contributed by atoms with van der Waals surface area (Å²) in [5.74, 6) is 0.304. The Morgan fingerprint density at radius 3 is 1.53 bits per heavy atom. The number of amides is 4. The van der Waals surface area contributed by atoms with Crippen LogP contribution in [0.3, 0.4) is 0 Å². The van der Waals surface area contributed by atoms with Crippen molar-refractivity contribution in [3.63, 3.8) is 0 Å². The molecule has 24 heteroatoms. The van der Waals surface area contributed by atoms with Crippen LogP contribution in [0, 0.1) is 18.8 Å². The second-order valence-corrected chi connectivity index (χ2v) is 17.3. The summed E-state index contributed by atoms with van der Waals surface area (Å²) in [4.78, 5) is 86.7. The molecular weight excluding hydrogens is 1050 g/mol. The molecule has 4 N–H and O–H groups in total. The van der Waals surface area contributed by atoms with Crippen molar-refractivity contribution in [1.82, 2.24) is 21.3 Å². The first kappa shape index (κ1) is 65.3. The van der Waals surface area contributed by atoms with Gasteiger partial charge in [-0.3, -0.25) is 19.2 Å². The average Bonchev–Trinajstić information content (AvgIpc) is 4.49. The number of benzene rings is 1. The molecule has 3 aromatic rings. The van der Waals surface area contributed by atoms with Crippen molar-refractivity contribution in [2.24, 2.45) is 0 Å². The number of carbonyl (C=O) groups excluding carboxylic acids is 8. The van der Waals surface area contributed by atoms with E-state index in [-0.39, 0.29) is 69.0 Å². The number of carbonyl (C=O) groups is 6. The summed E-state index contributed by atoms with van der Waals surface area (Å²) in [5, 5.41) is 10.9. The van der Waals surface area contributed by atoms with E-state index in [0.717, 1.165) is 12.3 Å². The van der Waals surface area contributed by atoms with Gasteiger partial charge >= 0.3 is 30.4 Å². The van der Waals surface area contributed by atoms with Gasteiger partial charge in [-0.1, -0.05) is 55.0 Å². The van der Waals surface area contributed by atoms with Crippen LogP contribution in [0.25, 0.3) is 0 Å². The lowest BCUT2D eigenvalue weighted by Crippen LogP contribution is -2.44. The van der Waals surface area contributed by atoms with Gasteiger partial charge < -0.3 is 49.0 Å². The highest BCUT2D eigenvalue weighted by Gasteiger charge is 2.59. The van der Waals surface area contributed by atoms with Gasteiger partial charge in [-0.25, -0.2) is 9.59 Å². The van der Waals surface area contributed by atoms with Gasteiger partial charge in [0.05, 0.1) is 69.2 Å². The Labute approximate surface area is 451 Å². The Bertz CT molecular complexity index is 2670. The lowest BCUT2D eigenvalue weighted by molar-refractivity contribution is -0.192. The number of fused-ring (bicyclic) bond motifs is 4. The molecule has 0 aliphatic carbocycles. The summed E-state index contributed by atoms with van der Waals surface area (Å²) in [5.41, 5.74) is -0.433. The van der Waals surface area contributed by atoms with Crippen LogP contribution in [-0.2, 0) is 70.4 Å². The monoisotopic (exact) mass is 1120 g/mol. The van der Waals surface area contributed by atoms with Crippen molar-refractivity contribution in [1.29, 1.82) is 0 Å². The number of rotatable bonds is 20. The van der Waals surface area contributed by atoms with Crippen LogP contribution in [0.1, 0.15) is 89.7 Å². The van der Waals surface area contributed by atoms with Gasteiger partial charge in [0.1, 0.15) is 28.8 Å². The molecule has 4 unspecified atom stereocenters. The van der Waals surface area contributed by atoms with Crippen LogP contribution in [0.2, 0.25) is 0 Å². The van der Waals surface area contributed by atoms with Crippen molar-refractivity contribution < 1.29 is 92.5 Å². The Hall–Kier alpha value is -8.00. The maximum atomic E-state index is 13.6. The third-order valence-corrected chi connectivity index (χ3v) is 11.6. The van der Waals surface area contributed by atoms with Gasteiger partial charge in [-0.05, 0) is 94.5 Å². The largest absolute Gasteiger partial charge is 0.467 e. The Balaban J connectivity index is 0.000000324. The van der Waals surface area contributed by atoms with E-state index in [4.69, 9.17) is 32.6 Å². The molecule has 4 atom stereocenters. The maximum Gasteiger partial charge on any atom is 0.458 e. The molecule has 428 valence electrons. The molecule has 6 heterocycles. The van der Waals surface area contributed by atoms with E-state index in [1.54, 1.807) is 36.8 Å². The van der Waals surface area contributed by atoms with Crippen molar-refractivity contribution in [2.75, 3.05) is 26.3 Å². The number of hydrogen-bond acceptors (Lipinski definition) is 14. The molecule has 0 saturated carbocycles. The van der Waals surface area contributed by atoms with Gasteiger partial charge in [0.25, 0.3) is 0 Å². The van der Waals surface area contributed by atoms with E-state index >= 15 is 0 Å². The topological polar surface area (TPSA) is 248 Å². The fourth-order valence-electron chi connectivity index (χ4n) is 8.09. The Morgan fingerprint density at radius 1 is 0.633 bits per heavy atom. The van der Waals surface area contributed by atoms with E-state index in [2.05, 4.69) is 45.1 Å². The molecule has 7 rings (SSSR count). The predicted octanol–water partition coefficient (Wildman–Crippen LogP) is 7.45. The van der Waals surface area contributed by atoms with Gasteiger partial charge in [-0.15, -0.1) is 0 Å². The van der Waals surface area contributed by atoms with Crippen LogP contribution < -0.4 is 21.3 Å². The van der Waals surface area contributed by atoms with E-state index < -0.39 is 58.7 Å². The van der Waals surface area contributed by atoms with Crippen LogP contribution >= 0.6 is 0 Å². The van der Waals surface area contributed by atoms with Crippen molar-refractivity contribution >= 4 is 41.7 Å². The number of nitrogens with one attached hydrogen (secondary N) is 4. The molecule has 79 heavy (non-hydrogen) atoms. The molecule has 1 aromatic carbocycles. The van der Waals surface area contributed by atoms with Crippen LogP contribution in [0.5, 0.6) is 0 Å². The van der Waals surface area contributed by atoms with E-state index in [9.17, 15) is 55.1 Å². The zero-order valence-electron chi connectivity index (χ0n) is 44.0. The van der Waals surface area contributed by atoms with Crippen LogP contribution in [-0.4, -0.2) is 104 Å². The number of esters is 2. The SMILES string of the molecule is CCOC(=O)C#CC(F)(F)F.CCOC(=O)C1=C(C(F)(F)F)C2C=CC1(CNC(=O)CCCC(=O)NCC13C=CC(O1)C(C)=C3CC)O2.Cc1ccccc1.O=C(CCCC(=O)NCc1ccco1)NCc1ccco1.O=C=O. The first-order chi connectivity index (χ1) is 37.5. The number of ether oxygens (including phenoxy) is 4. The molecule has 4 amide bonds. The highest BCUT2D eigenvalue weighted by Crippen LogP contribution is 2.49. The summed E-state index contributed by atoms with van der Waals surface area (Å²) in [7, 11) is 0. The second-order valence-electron chi connectivity index (χ2n) is 17.3. The molecule has 4 aliphatic heterocycles. The molecule has 4 bridgehead atoms. The lowest BCUT2D eigenvalue weighted by atomic mass is 9.86. The molecule has 4 aliphatic rings. The smallest absolute Gasteiger partial charge is 0.458 e. The van der Waals surface area contributed by atoms with Gasteiger partial charge in [0.2, 0.25) is 23.6 Å². The van der Waals surface area contributed by atoms with Gasteiger partial charge in [0.15, 0.2) is 0 Å². The summed E-state index contributed by atoms with van der Waals surface area (Å²) in [6, 6.07) is 17.4. The third kappa shape index (κ3) is 21.7. The van der Waals surface area contributed by atoms with Crippen LogP contribution in [0.4, 0.5) is 26.3 Å².